The minimum absolute atomic E-state index is 0.283. The van der Waals surface area contributed by atoms with E-state index in [4.69, 9.17) is 4.52 Å². The van der Waals surface area contributed by atoms with Gasteiger partial charge in [0.25, 0.3) is 5.89 Å². The first-order chi connectivity index (χ1) is 13.2. The summed E-state index contributed by atoms with van der Waals surface area (Å²) in [5.41, 5.74) is 3.09. The fraction of sp³-hybridized carbons (Fsp3) is 0.0526. The third kappa shape index (κ3) is 2.97. The Balaban J connectivity index is 1.40. The fourth-order valence-electron chi connectivity index (χ4n) is 2.93. The number of rotatable bonds is 4. The predicted octanol–water partition coefficient (Wildman–Crippen LogP) is 3.66. The van der Waals surface area contributed by atoms with Crippen molar-refractivity contribution in [3.63, 3.8) is 0 Å². The van der Waals surface area contributed by atoms with Gasteiger partial charge in [0.2, 0.25) is 5.82 Å². The Labute approximate surface area is 152 Å². The van der Waals surface area contributed by atoms with Gasteiger partial charge in [0.05, 0.1) is 12.7 Å². The first-order valence-electron chi connectivity index (χ1n) is 8.31. The fourth-order valence-corrected chi connectivity index (χ4v) is 2.93. The molecule has 7 nitrogen and oxygen atoms in total. The van der Waals surface area contributed by atoms with Gasteiger partial charge in [-0.2, -0.15) is 4.98 Å². The van der Waals surface area contributed by atoms with Crippen molar-refractivity contribution < 1.29 is 8.91 Å². The van der Waals surface area contributed by atoms with E-state index in [0.29, 0.717) is 24.0 Å². The monoisotopic (exact) mass is 360 g/mol. The summed E-state index contributed by atoms with van der Waals surface area (Å²) in [6.45, 7) is 0.402. The molecule has 0 saturated carbocycles. The molecule has 3 aromatic heterocycles. The van der Waals surface area contributed by atoms with Crippen molar-refractivity contribution in [2.24, 2.45) is 0 Å². The predicted molar refractivity (Wildman–Crippen MR) is 96.1 cm³/mol. The second-order valence-electron chi connectivity index (χ2n) is 6.13. The van der Waals surface area contributed by atoms with Gasteiger partial charge in [0.15, 0.2) is 5.69 Å². The van der Waals surface area contributed by atoms with E-state index < -0.39 is 0 Å². The van der Waals surface area contributed by atoms with Crippen molar-refractivity contribution in [1.82, 2.24) is 30.1 Å². The molecule has 5 aromatic rings. The van der Waals surface area contributed by atoms with Gasteiger partial charge in [-0.05, 0) is 41.3 Å². The third-order valence-electron chi connectivity index (χ3n) is 4.23. The number of aromatic nitrogens is 6. The Kier molecular flexibility index (Phi) is 3.53. The average molecular weight is 360 g/mol. The number of hydrogen-bond acceptors (Lipinski definition) is 5. The van der Waals surface area contributed by atoms with Crippen molar-refractivity contribution in [3.8, 4) is 23.0 Å². The summed E-state index contributed by atoms with van der Waals surface area (Å²) in [6.07, 6.45) is 3.58. The molecule has 0 bridgehead atoms. The molecule has 0 unspecified atom stereocenters. The molecule has 8 heteroatoms. The van der Waals surface area contributed by atoms with E-state index in [1.165, 1.54) is 12.1 Å². The summed E-state index contributed by atoms with van der Waals surface area (Å²) >= 11 is 0. The highest BCUT2D eigenvalue weighted by Gasteiger charge is 2.14. The maximum Gasteiger partial charge on any atom is 0.258 e. The molecule has 5 rings (SSSR count). The van der Waals surface area contributed by atoms with Crippen molar-refractivity contribution >= 4 is 10.9 Å². The highest BCUT2D eigenvalue weighted by molar-refractivity contribution is 5.83. The molecular weight excluding hydrogens is 347 g/mol. The Morgan fingerprint density at radius 1 is 1.11 bits per heavy atom. The number of benzene rings is 2. The van der Waals surface area contributed by atoms with Crippen LogP contribution in [-0.2, 0) is 6.54 Å². The van der Waals surface area contributed by atoms with E-state index in [1.54, 1.807) is 16.9 Å². The maximum atomic E-state index is 13.3. The zero-order valence-corrected chi connectivity index (χ0v) is 14.0. The topological polar surface area (TPSA) is 85.4 Å². The molecule has 0 spiro atoms. The first-order valence-corrected chi connectivity index (χ1v) is 8.31. The van der Waals surface area contributed by atoms with Crippen molar-refractivity contribution in [3.05, 3.63) is 72.3 Å². The van der Waals surface area contributed by atoms with Crippen LogP contribution >= 0.6 is 0 Å². The second kappa shape index (κ2) is 6.17. The number of H-pyrrole nitrogens is 1. The molecule has 0 fully saturated rings. The maximum absolute atomic E-state index is 13.3. The van der Waals surface area contributed by atoms with Gasteiger partial charge in [0.1, 0.15) is 5.82 Å². The summed E-state index contributed by atoms with van der Waals surface area (Å²) in [5.74, 6) is 0.470. The summed E-state index contributed by atoms with van der Waals surface area (Å²) in [7, 11) is 0. The molecule has 0 aliphatic heterocycles. The third-order valence-corrected chi connectivity index (χ3v) is 4.23. The number of fused-ring (bicyclic) bond motifs is 1. The van der Waals surface area contributed by atoms with Gasteiger partial charge in [-0.25, -0.2) is 9.07 Å². The Hall–Kier alpha value is -3.81. The van der Waals surface area contributed by atoms with Crippen LogP contribution in [0.5, 0.6) is 0 Å². The number of nitrogens with one attached hydrogen (secondary N) is 1. The Morgan fingerprint density at radius 3 is 3.00 bits per heavy atom. The molecule has 0 aliphatic rings. The van der Waals surface area contributed by atoms with E-state index >= 15 is 0 Å². The molecule has 27 heavy (non-hydrogen) atoms. The smallest absolute Gasteiger partial charge is 0.258 e. The molecule has 0 atom stereocenters. The lowest BCUT2D eigenvalue weighted by Gasteiger charge is -2.00. The average Bonchev–Trinajstić information content (AvgIpc) is 3.41. The SMILES string of the molecule is Fc1cccc(Cn2cc(-c3noc(-c4ccc5cc[nH]c5c4)n3)nn2)c1. The van der Waals surface area contributed by atoms with Crippen LogP contribution in [0.15, 0.2) is 65.4 Å². The van der Waals surface area contributed by atoms with Crippen molar-refractivity contribution in [2.75, 3.05) is 0 Å². The number of aromatic amines is 1. The van der Waals surface area contributed by atoms with Crippen LogP contribution in [0.1, 0.15) is 5.56 Å². The molecule has 132 valence electrons. The molecule has 0 amide bonds. The Bertz CT molecular complexity index is 1240. The normalized spacial score (nSPS) is 11.3. The van der Waals surface area contributed by atoms with Crippen molar-refractivity contribution in [1.29, 1.82) is 0 Å². The summed E-state index contributed by atoms with van der Waals surface area (Å²) in [4.78, 5) is 7.57. The van der Waals surface area contributed by atoms with Crippen LogP contribution in [0, 0.1) is 5.82 Å². The zero-order valence-electron chi connectivity index (χ0n) is 14.0. The quantitative estimate of drug-likeness (QED) is 0.529. The molecule has 2 aromatic carbocycles. The van der Waals surface area contributed by atoms with Crippen LogP contribution in [0.2, 0.25) is 0 Å². The zero-order chi connectivity index (χ0) is 18.2. The van der Waals surface area contributed by atoms with Gasteiger partial charge in [0, 0.05) is 17.3 Å². The van der Waals surface area contributed by atoms with E-state index in [9.17, 15) is 4.39 Å². The highest BCUT2D eigenvalue weighted by atomic mass is 19.1. The highest BCUT2D eigenvalue weighted by Crippen LogP contribution is 2.24. The molecule has 0 saturated heterocycles. The lowest BCUT2D eigenvalue weighted by Crippen LogP contribution is -2.00. The van der Waals surface area contributed by atoms with Gasteiger partial charge in [-0.3, -0.25) is 0 Å². The lowest BCUT2D eigenvalue weighted by atomic mass is 10.1. The lowest BCUT2D eigenvalue weighted by molar-refractivity contribution is 0.432. The number of nitrogens with zero attached hydrogens (tertiary/aromatic N) is 5. The molecule has 1 N–H and O–H groups in total. The molecular formula is C19H13FN6O. The van der Waals surface area contributed by atoms with E-state index in [2.05, 4.69) is 25.4 Å². The van der Waals surface area contributed by atoms with Gasteiger partial charge in [-0.1, -0.05) is 28.6 Å². The molecule has 3 heterocycles. The van der Waals surface area contributed by atoms with Gasteiger partial charge < -0.3 is 9.51 Å². The van der Waals surface area contributed by atoms with Crippen LogP contribution in [0.4, 0.5) is 4.39 Å². The summed E-state index contributed by atoms with van der Waals surface area (Å²) in [5, 5.41) is 13.2. The Morgan fingerprint density at radius 2 is 2.07 bits per heavy atom. The van der Waals surface area contributed by atoms with E-state index in [0.717, 1.165) is 22.0 Å². The second-order valence-corrected chi connectivity index (χ2v) is 6.13. The largest absolute Gasteiger partial charge is 0.361 e. The van der Waals surface area contributed by atoms with Crippen LogP contribution < -0.4 is 0 Å². The van der Waals surface area contributed by atoms with Crippen molar-refractivity contribution in [2.45, 2.75) is 6.54 Å². The number of halogens is 1. The standard InChI is InChI=1S/C19H13FN6O/c20-15-3-1-2-12(8-15)10-26-11-17(23-25-26)18-22-19(27-24-18)14-5-4-13-6-7-21-16(13)9-14/h1-9,11,21H,10H2. The minimum atomic E-state index is -0.283. The van der Waals surface area contributed by atoms with Crippen LogP contribution in [0.25, 0.3) is 33.9 Å². The molecule has 0 aliphatic carbocycles. The van der Waals surface area contributed by atoms with E-state index in [1.807, 2.05) is 36.5 Å². The van der Waals surface area contributed by atoms with Crippen LogP contribution in [0.3, 0.4) is 0 Å². The van der Waals surface area contributed by atoms with Gasteiger partial charge >= 0.3 is 0 Å². The molecule has 0 radical (unpaired) electrons. The van der Waals surface area contributed by atoms with E-state index in [-0.39, 0.29) is 5.82 Å². The number of hydrogen-bond donors (Lipinski definition) is 1. The van der Waals surface area contributed by atoms with Gasteiger partial charge in [-0.15, -0.1) is 5.10 Å². The minimum Gasteiger partial charge on any atom is -0.361 e. The van der Waals surface area contributed by atoms with Crippen LogP contribution in [-0.4, -0.2) is 30.1 Å². The summed E-state index contributed by atoms with van der Waals surface area (Å²) < 4.78 is 20.3. The first kappa shape index (κ1) is 15.4. The summed E-state index contributed by atoms with van der Waals surface area (Å²) in [6, 6.07) is 14.2.